The molecule has 2 amide bonds. The van der Waals surface area contributed by atoms with Gasteiger partial charge in [0.05, 0.1) is 6.67 Å². The van der Waals surface area contributed by atoms with Crippen molar-refractivity contribution in [2.75, 3.05) is 12.0 Å². The minimum atomic E-state index is -0.313. The van der Waals surface area contributed by atoms with Crippen molar-refractivity contribution in [1.29, 1.82) is 0 Å². The molecule has 2 aromatic rings. The first-order chi connectivity index (χ1) is 16.2. The maximum atomic E-state index is 12.9. The molecule has 2 aromatic carbocycles. The Morgan fingerprint density at radius 2 is 1.79 bits per heavy atom. The summed E-state index contributed by atoms with van der Waals surface area (Å²) in [5.41, 5.74) is 10.1. The van der Waals surface area contributed by atoms with E-state index in [0.29, 0.717) is 16.8 Å². The molecule has 4 N–H and O–H groups in total. The highest BCUT2D eigenvalue weighted by Gasteiger charge is 2.16. The van der Waals surface area contributed by atoms with Crippen LogP contribution < -0.4 is 16.4 Å². The van der Waals surface area contributed by atoms with Crippen molar-refractivity contribution in [2.24, 2.45) is 10.7 Å². The first kappa shape index (κ1) is 25.8. The van der Waals surface area contributed by atoms with Gasteiger partial charge in [0.2, 0.25) is 0 Å². The van der Waals surface area contributed by atoms with Gasteiger partial charge in [-0.05, 0) is 116 Å². The number of hydrogen-bond acceptors (Lipinski definition) is 4. The molecule has 1 aliphatic rings. The summed E-state index contributed by atoms with van der Waals surface area (Å²) < 4.78 is 1.07. The molecular formula is C27H31IN4O2. The average Bonchev–Trinajstić information content (AvgIpc) is 2.78. The number of nitrogens with one attached hydrogen (secondary N) is 2. The highest BCUT2D eigenvalue weighted by Crippen LogP contribution is 2.27. The summed E-state index contributed by atoms with van der Waals surface area (Å²) in [5.74, 6) is -0.350. The van der Waals surface area contributed by atoms with Crippen LogP contribution in [0.1, 0.15) is 66.3 Å². The fourth-order valence-electron chi connectivity index (χ4n) is 3.55. The van der Waals surface area contributed by atoms with Crippen molar-refractivity contribution in [3.05, 3.63) is 81.0 Å². The van der Waals surface area contributed by atoms with E-state index in [2.05, 4.69) is 50.4 Å². The zero-order valence-electron chi connectivity index (χ0n) is 19.8. The molecule has 0 aliphatic heterocycles. The lowest BCUT2D eigenvalue weighted by Gasteiger charge is -2.20. The third-order valence-corrected chi connectivity index (χ3v) is 6.11. The second-order valence-corrected chi connectivity index (χ2v) is 10.3. The topological polar surface area (TPSA) is 96.6 Å². The number of rotatable bonds is 5. The van der Waals surface area contributed by atoms with Crippen LogP contribution in [0, 0.1) is 0 Å². The molecule has 0 saturated carbocycles. The highest BCUT2D eigenvalue weighted by molar-refractivity contribution is 14.1. The summed E-state index contributed by atoms with van der Waals surface area (Å²) in [4.78, 5) is 29.7. The number of halogens is 1. The molecule has 6 nitrogen and oxygen atoms in total. The molecule has 0 spiro atoms. The Morgan fingerprint density at radius 1 is 1.06 bits per heavy atom. The smallest absolute Gasteiger partial charge is 0.255 e. The van der Waals surface area contributed by atoms with Gasteiger partial charge in [-0.2, -0.15) is 0 Å². The van der Waals surface area contributed by atoms with Gasteiger partial charge in [-0.1, -0.05) is 18.2 Å². The van der Waals surface area contributed by atoms with E-state index >= 15 is 0 Å². The molecule has 3 rings (SSSR count). The number of aliphatic imine (C=N–C) groups is 1. The Bertz CT molecular complexity index is 1140. The third kappa shape index (κ3) is 7.36. The third-order valence-electron chi connectivity index (χ3n) is 5.17. The quantitative estimate of drug-likeness (QED) is 0.402. The number of carbonyl (C=O) groups excluding carboxylic acids is 2. The summed E-state index contributed by atoms with van der Waals surface area (Å²) >= 11 is 2.30. The Kier molecular flexibility index (Phi) is 8.79. The van der Waals surface area contributed by atoms with E-state index < -0.39 is 0 Å². The Hall–Kier alpha value is -2.78. The van der Waals surface area contributed by atoms with E-state index in [-0.39, 0.29) is 24.0 Å². The summed E-state index contributed by atoms with van der Waals surface area (Å²) in [7, 11) is 0. The van der Waals surface area contributed by atoms with Crippen molar-refractivity contribution in [3.63, 3.8) is 0 Å². The minimum Gasteiger partial charge on any atom is -0.347 e. The number of benzene rings is 2. The first-order valence-corrected chi connectivity index (χ1v) is 12.4. The first-order valence-electron chi connectivity index (χ1n) is 11.3. The van der Waals surface area contributed by atoms with Crippen molar-refractivity contribution in [3.8, 4) is 0 Å². The minimum absolute atomic E-state index is 0.145. The summed E-state index contributed by atoms with van der Waals surface area (Å²) in [6.07, 6.45) is 7.16. The van der Waals surface area contributed by atoms with Crippen LogP contribution in [0.15, 0.2) is 69.3 Å². The lowest BCUT2D eigenvalue weighted by molar-refractivity contribution is 0.0919. The van der Waals surface area contributed by atoms with Crippen LogP contribution in [0.5, 0.6) is 0 Å². The largest absolute Gasteiger partial charge is 0.347 e. The molecule has 0 bridgehead atoms. The standard InChI is InChI=1S/C27H31IN4O2/c1-27(2,3)32-26(34)18-11-13-22(14-12-18)31-25(33)21-9-6-8-19(15-21)20-7-4-5-10-24(30-17-29)23(28)16-20/h6-9,11-16H,4-5,10,17,29H2,1-3H3,(H,31,33)(H,32,34). The molecule has 0 aromatic heterocycles. The predicted octanol–water partition coefficient (Wildman–Crippen LogP) is 5.71. The normalized spacial score (nSPS) is 15.6. The molecule has 0 radical (unpaired) electrons. The van der Waals surface area contributed by atoms with Crippen LogP contribution in [0.25, 0.3) is 5.57 Å². The SMILES string of the molecule is CC(C)(C)NC(=O)c1ccc(NC(=O)c2cccc(C3=CCCCC(=NCN)C(I)=C3)c2)cc1. The van der Waals surface area contributed by atoms with Crippen molar-refractivity contribution < 1.29 is 9.59 Å². The van der Waals surface area contributed by atoms with E-state index in [1.54, 1.807) is 30.3 Å². The van der Waals surface area contributed by atoms with Gasteiger partial charge < -0.3 is 16.4 Å². The van der Waals surface area contributed by atoms with Gasteiger partial charge >= 0.3 is 0 Å². The predicted molar refractivity (Wildman–Crippen MR) is 148 cm³/mol. The maximum Gasteiger partial charge on any atom is 0.255 e. The van der Waals surface area contributed by atoms with Crippen molar-refractivity contribution >= 4 is 51.4 Å². The van der Waals surface area contributed by atoms with Crippen LogP contribution in [-0.2, 0) is 0 Å². The Morgan fingerprint density at radius 3 is 2.47 bits per heavy atom. The fraction of sp³-hybridized carbons (Fsp3) is 0.296. The number of carbonyl (C=O) groups is 2. The van der Waals surface area contributed by atoms with Crippen LogP contribution in [0.2, 0.25) is 0 Å². The average molecular weight is 570 g/mol. The lowest BCUT2D eigenvalue weighted by atomic mass is 9.97. The van der Waals surface area contributed by atoms with E-state index in [4.69, 9.17) is 5.73 Å². The number of nitrogens with two attached hydrogens (primary N) is 1. The fourth-order valence-corrected chi connectivity index (χ4v) is 4.33. The molecule has 34 heavy (non-hydrogen) atoms. The number of hydrogen-bond donors (Lipinski definition) is 3. The maximum absolute atomic E-state index is 12.9. The summed E-state index contributed by atoms with van der Waals surface area (Å²) in [6, 6.07) is 14.5. The van der Waals surface area contributed by atoms with E-state index in [1.165, 1.54) is 0 Å². The molecule has 178 valence electrons. The van der Waals surface area contributed by atoms with Gasteiger partial charge in [-0.25, -0.2) is 0 Å². The van der Waals surface area contributed by atoms with Gasteiger partial charge in [0, 0.05) is 31.6 Å². The summed E-state index contributed by atoms with van der Waals surface area (Å²) in [5, 5.41) is 5.85. The van der Waals surface area contributed by atoms with Gasteiger partial charge in [0.25, 0.3) is 11.8 Å². The van der Waals surface area contributed by atoms with Crippen molar-refractivity contribution in [2.45, 2.75) is 45.6 Å². The van der Waals surface area contributed by atoms with Crippen LogP contribution in [0.4, 0.5) is 5.69 Å². The lowest BCUT2D eigenvalue weighted by Crippen LogP contribution is -2.40. The molecule has 1 aliphatic carbocycles. The second kappa shape index (κ2) is 11.6. The zero-order chi connectivity index (χ0) is 24.7. The monoisotopic (exact) mass is 570 g/mol. The van der Waals surface area contributed by atoms with Gasteiger partial charge in [-0.15, -0.1) is 0 Å². The van der Waals surface area contributed by atoms with Gasteiger partial charge in [0.1, 0.15) is 0 Å². The molecule has 0 atom stereocenters. The molecule has 7 heteroatoms. The molecule has 0 fully saturated rings. The number of allylic oxidation sites excluding steroid dienone is 4. The van der Waals surface area contributed by atoms with Gasteiger partial charge in [-0.3, -0.25) is 14.6 Å². The zero-order valence-corrected chi connectivity index (χ0v) is 22.0. The Labute approximate surface area is 214 Å². The number of anilines is 1. The number of nitrogens with zero attached hydrogens (tertiary/aromatic N) is 1. The molecule has 0 unspecified atom stereocenters. The van der Waals surface area contributed by atoms with Crippen molar-refractivity contribution in [1.82, 2.24) is 5.32 Å². The molecule has 0 heterocycles. The van der Waals surface area contributed by atoms with Crippen LogP contribution in [0.3, 0.4) is 0 Å². The number of amides is 2. The van der Waals surface area contributed by atoms with Crippen LogP contribution >= 0.6 is 22.6 Å². The summed E-state index contributed by atoms with van der Waals surface area (Å²) in [6.45, 7) is 6.09. The van der Waals surface area contributed by atoms with E-state index in [1.807, 2.05) is 39.0 Å². The molecular weight excluding hydrogens is 539 g/mol. The van der Waals surface area contributed by atoms with Gasteiger partial charge in [0.15, 0.2) is 0 Å². The highest BCUT2D eigenvalue weighted by atomic mass is 127. The molecule has 0 saturated heterocycles. The van der Waals surface area contributed by atoms with Crippen LogP contribution in [-0.4, -0.2) is 29.7 Å². The van der Waals surface area contributed by atoms with E-state index in [9.17, 15) is 9.59 Å². The second-order valence-electron chi connectivity index (χ2n) is 9.15. The van der Waals surface area contributed by atoms with E-state index in [0.717, 1.165) is 39.7 Å². The Balaban J connectivity index is 1.75.